The third kappa shape index (κ3) is 6.22. The number of carbonyl (C=O) groups is 2. The fourth-order valence-electron chi connectivity index (χ4n) is 2.92. The molecule has 0 saturated heterocycles. The molecule has 0 aliphatic carbocycles. The predicted octanol–water partition coefficient (Wildman–Crippen LogP) is 4.18. The Bertz CT molecular complexity index is 781. The molecule has 150 valence electrons. The number of carbonyl (C=O) groups excluding carboxylic acids is 2. The van der Waals surface area contributed by atoms with Gasteiger partial charge in [0.15, 0.2) is 0 Å². The lowest BCUT2D eigenvalue weighted by molar-refractivity contribution is -0.140. The third-order valence-corrected chi connectivity index (χ3v) is 5.12. The van der Waals surface area contributed by atoms with Crippen LogP contribution in [0, 0.1) is 13.8 Å². The molecule has 4 heteroatoms. The molecule has 1 N–H and O–H groups in total. The molecular weight excluding hydrogens is 348 g/mol. The molecule has 0 unspecified atom stereocenters. The van der Waals surface area contributed by atoms with Gasteiger partial charge in [-0.2, -0.15) is 0 Å². The smallest absolute Gasteiger partial charge is 0.242 e. The Morgan fingerprint density at radius 3 is 1.89 bits per heavy atom. The Balaban J connectivity index is 2.20. The van der Waals surface area contributed by atoms with Crippen molar-refractivity contribution >= 4 is 11.8 Å². The molecule has 0 aromatic heterocycles. The number of aryl methyl sites for hydroxylation is 2. The molecule has 0 saturated carbocycles. The minimum absolute atomic E-state index is 0.0452. The van der Waals surface area contributed by atoms with Crippen LogP contribution in [0.4, 0.5) is 0 Å². The van der Waals surface area contributed by atoms with Crippen LogP contribution in [0.5, 0.6) is 0 Å². The summed E-state index contributed by atoms with van der Waals surface area (Å²) in [5, 5.41) is 3.00. The maximum Gasteiger partial charge on any atom is 0.242 e. The molecule has 2 atom stereocenters. The van der Waals surface area contributed by atoms with E-state index in [0.29, 0.717) is 6.54 Å². The second-order valence-electron chi connectivity index (χ2n) is 7.66. The summed E-state index contributed by atoms with van der Waals surface area (Å²) >= 11 is 0. The van der Waals surface area contributed by atoms with Gasteiger partial charge in [-0.25, -0.2) is 0 Å². The van der Waals surface area contributed by atoms with Crippen molar-refractivity contribution in [3.8, 4) is 0 Å². The van der Waals surface area contributed by atoms with E-state index >= 15 is 0 Å². The zero-order chi connectivity index (χ0) is 20.7. The van der Waals surface area contributed by atoms with Crippen LogP contribution in [-0.4, -0.2) is 28.8 Å². The Kier molecular flexibility index (Phi) is 7.80. The van der Waals surface area contributed by atoms with Crippen molar-refractivity contribution in [2.45, 2.75) is 66.1 Å². The predicted molar refractivity (Wildman–Crippen MR) is 114 cm³/mol. The Labute approximate surface area is 169 Å². The number of hydrogen-bond acceptors (Lipinski definition) is 2. The highest BCUT2D eigenvalue weighted by Gasteiger charge is 2.26. The molecule has 0 radical (unpaired) electrons. The fraction of sp³-hybridized carbons (Fsp3) is 0.417. The molecule has 2 rings (SSSR count). The van der Waals surface area contributed by atoms with E-state index in [1.165, 1.54) is 5.56 Å². The number of nitrogens with zero attached hydrogens (tertiary/aromatic N) is 1. The molecule has 2 aromatic rings. The van der Waals surface area contributed by atoms with Crippen molar-refractivity contribution in [1.82, 2.24) is 10.2 Å². The van der Waals surface area contributed by atoms with Gasteiger partial charge < -0.3 is 10.2 Å². The summed E-state index contributed by atoms with van der Waals surface area (Å²) in [6, 6.07) is 15.6. The van der Waals surface area contributed by atoms with Crippen molar-refractivity contribution in [3.63, 3.8) is 0 Å². The number of amides is 2. The van der Waals surface area contributed by atoms with E-state index < -0.39 is 6.04 Å². The van der Waals surface area contributed by atoms with Crippen LogP contribution in [0.2, 0.25) is 0 Å². The molecular formula is C24H32N2O2. The third-order valence-electron chi connectivity index (χ3n) is 5.12. The molecule has 0 aliphatic heterocycles. The summed E-state index contributed by atoms with van der Waals surface area (Å²) in [6.07, 6.45) is 1.14. The molecule has 2 amide bonds. The molecule has 0 spiro atoms. The van der Waals surface area contributed by atoms with Gasteiger partial charge in [-0.3, -0.25) is 9.59 Å². The first-order valence-electron chi connectivity index (χ1n) is 10.0. The first-order chi connectivity index (χ1) is 13.3. The summed E-state index contributed by atoms with van der Waals surface area (Å²) in [6.45, 7) is 10.3. The van der Waals surface area contributed by atoms with E-state index in [0.717, 1.165) is 23.1 Å². The molecule has 0 bridgehead atoms. The maximum atomic E-state index is 13.1. The average Bonchev–Trinajstić information content (AvgIpc) is 2.68. The Morgan fingerprint density at radius 2 is 1.39 bits per heavy atom. The molecule has 0 heterocycles. The summed E-state index contributed by atoms with van der Waals surface area (Å²) in [7, 11) is 0. The number of nitrogens with one attached hydrogen (secondary N) is 1. The quantitative estimate of drug-likeness (QED) is 0.747. The highest BCUT2D eigenvalue weighted by molar-refractivity contribution is 5.88. The second-order valence-corrected chi connectivity index (χ2v) is 7.66. The lowest BCUT2D eigenvalue weighted by Crippen LogP contribution is -2.49. The van der Waals surface area contributed by atoms with Crippen LogP contribution in [0.15, 0.2) is 48.5 Å². The van der Waals surface area contributed by atoms with Gasteiger partial charge in [0, 0.05) is 12.6 Å². The monoisotopic (exact) mass is 380 g/mol. The Morgan fingerprint density at radius 1 is 0.893 bits per heavy atom. The highest BCUT2D eigenvalue weighted by atomic mass is 16.2. The first-order valence-corrected chi connectivity index (χ1v) is 10.0. The second kappa shape index (κ2) is 10.1. The van der Waals surface area contributed by atoms with Gasteiger partial charge >= 0.3 is 0 Å². The molecule has 0 aliphatic rings. The summed E-state index contributed by atoms with van der Waals surface area (Å²) in [4.78, 5) is 27.5. The molecule has 2 aromatic carbocycles. The van der Waals surface area contributed by atoms with Gasteiger partial charge in [-0.05, 0) is 45.2 Å². The van der Waals surface area contributed by atoms with E-state index in [9.17, 15) is 9.59 Å². The zero-order valence-corrected chi connectivity index (χ0v) is 17.7. The molecule has 4 nitrogen and oxygen atoms in total. The fourth-order valence-corrected chi connectivity index (χ4v) is 2.92. The van der Waals surface area contributed by atoms with Gasteiger partial charge in [-0.1, -0.05) is 66.6 Å². The van der Waals surface area contributed by atoms with Crippen LogP contribution >= 0.6 is 0 Å². The first kappa shape index (κ1) is 21.7. The average molecular weight is 381 g/mol. The number of rotatable bonds is 8. The van der Waals surface area contributed by atoms with Crippen LogP contribution in [0.25, 0.3) is 0 Å². The van der Waals surface area contributed by atoms with Gasteiger partial charge in [0.2, 0.25) is 11.8 Å². The number of hydrogen-bond donors (Lipinski definition) is 1. The minimum Gasteiger partial charge on any atom is -0.352 e. The van der Waals surface area contributed by atoms with E-state index in [1.807, 2.05) is 76.2 Å². The summed E-state index contributed by atoms with van der Waals surface area (Å²) in [5.74, 6) is -0.157. The lowest BCUT2D eigenvalue weighted by atomic mass is 10.1. The van der Waals surface area contributed by atoms with E-state index in [1.54, 1.807) is 11.8 Å². The van der Waals surface area contributed by atoms with Crippen LogP contribution in [0.3, 0.4) is 0 Å². The largest absolute Gasteiger partial charge is 0.352 e. The topological polar surface area (TPSA) is 49.4 Å². The zero-order valence-electron chi connectivity index (χ0n) is 17.7. The van der Waals surface area contributed by atoms with E-state index in [4.69, 9.17) is 0 Å². The normalized spacial score (nSPS) is 12.9. The van der Waals surface area contributed by atoms with Gasteiger partial charge in [0.05, 0.1) is 6.42 Å². The van der Waals surface area contributed by atoms with E-state index in [2.05, 4.69) is 5.32 Å². The van der Waals surface area contributed by atoms with Gasteiger partial charge in [0.25, 0.3) is 0 Å². The van der Waals surface area contributed by atoms with Gasteiger partial charge in [0.1, 0.15) is 6.04 Å². The van der Waals surface area contributed by atoms with Crippen molar-refractivity contribution in [2.75, 3.05) is 0 Å². The minimum atomic E-state index is -0.534. The van der Waals surface area contributed by atoms with Crippen LogP contribution < -0.4 is 5.32 Å². The standard InChI is InChI=1S/C24H32N2O2/c1-6-19(4)25-24(28)20(5)26(16-22-13-9-18(3)10-14-22)23(27)15-21-11-7-17(2)8-12-21/h7-14,19-20H,6,15-16H2,1-5H3,(H,25,28)/t19-,20+/m1/s1. The molecule has 28 heavy (non-hydrogen) atoms. The lowest BCUT2D eigenvalue weighted by Gasteiger charge is -2.30. The molecule has 0 fully saturated rings. The van der Waals surface area contributed by atoms with Crippen LogP contribution in [-0.2, 0) is 22.6 Å². The van der Waals surface area contributed by atoms with Crippen molar-refractivity contribution in [1.29, 1.82) is 0 Å². The maximum absolute atomic E-state index is 13.1. The highest BCUT2D eigenvalue weighted by Crippen LogP contribution is 2.14. The summed E-state index contributed by atoms with van der Waals surface area (Å²) in [5.41, 5.74) is 4.31. The van der Waals surface area contributed by atoms with Crippen molar-refractivity contribution in [2.24, 2.45) is 0 Å². The number of benzene rings is 2. The van der Waals surface area contributed by atoms with E-state index in [-0.39, 0.29) is 24.3 Å². The van der Waals surface area contributed by atoms with Gasteiger partial charge in [-0.15, -0.1) is 0 Å². The van der Waals surface area contributed by atoms with Crippen molar-refractivity contribution < 1.29 is 9.59 Å². The van der Waals surface area contributed by atoms with Crippen molar-refractivity contribution in [3.05, 3.63) is 70.8 Å². The summed E-state index contributed by atoms with van der Waals surface area (Å²) < 4.78 is 0. The Hall–Kier alpha value is -2.62. The van der Waals surface area contributed by atoms with Crippen LogP contribution in [0.1, 0.15) is 49.4 Å². The SMILES string of the molecule is CC[C@@H](C)NC(=O)[C@H](C)N(Cc1ccc(C)cc1)C(=O)Cc1ccc(C)cc1.